The quantitative estimate of drug-likeness (QED) is 0.431. The van der Waals surface area contributed by atoms with E-state index in [2.05, 4.69) is 5.32 Å². The Labute approximate surface area is 170 Å². The van der Waals surface area contributed by atoms with Crippen molar-refractivity contribution < 1.29 is 35.8 Å². The lowest BCUT2D eigenvalue weighted by molar-refractivity contribution is -0.143. The summed E-state index contributed by atoms with van der Waals surface area (Å²) in [5.74, 6) is -0.503. The van der Waals surface area contributed by atoms with Crippen LogP contribution in [0.15, 0.2) is 48.5 Å². The zero-order chi connectivity index (χ0) is 20.8. The predicted octanol–water partition coefficient (Wildman–Crippen LogP) is 5.50. The summed E-state index contributed by atoms with van der Waals surface area (Å²) in [6, 6.07) is 9.64. The second-order valence-electron chi connectivity index (χ2n) is 5.96. The van der Waals surface area contributed by atoms with Crippen molar-refractivity contribution in [1.29, 1.82) is 0 Å². The molecule has 0 amide bonds. The highest BCUT2D eigenvalue weighted by atomic mass is 35.5. The molecule has 2 rings (SSSR count). The summed E-state index contributed by atoms with van der Waals surface area (Å²) < 4.78 is 88.0. The van der Waals surface area contributed by atoms with Crippen LogP contribution in [0.1, 0.15) is 22.7 Å². The van der Waals surface area contributed by atoms with Crippen molar-refractivity contribution in [3.63, 3.8) is 0 Å². The normalized spacial score (nSPS) is 12.9. The van der Waals surface area contributed by atoms with Gasteiger partial charge in [0.25, 0.3) is 0 Å². The molecule has 0 bridgehead atoms. The van der Waals surface area contributed by atoms with Crippen LogP contribution in [0.4, 0.5) is 26.3 Å². The number of hydrogen-bond donors (Lipinski definition) is 1. The molecule has 0 saturated heterocycles. The third-order valence-corrected chi connectivity index (χ3v) is 3.88. The Morgan fingerprint density at radius 2 is 1.45 bits per heavy atom. The number of ether oxygens (including phenoxy) is 2. The largest absolute Gasteiger partial charge is 0.492 e. The lowest BCUT2D eigenvalue weighted by Crippen LogP contribution is -2.29. The summed E-state index contributed by atoms with van der Waals surface area (Å²) in [6.45, 7) is 0.646. The summed E-state index contributed by atoms with van der Waals surface area (Å²) in [6.07, 6.45) is -9.84. The fourth-order valence-electron chi connectivity index (χ4n) is 2.48. The first-order valence-corrected chi connectivity index (χ1v) is 8.31. The number of halogens is 7. The molecule has 0 aromatic heterocycles. The van der Waals surface area contributed by atoms with Gasteiger partial charge in [-0.05, 0) is 23.8 Å². The van der Waals surface area contributed by atoms with E-state index in [-0.39, 0.29) is 25.1 Å². The van der Waals surface area contributed by atoms with E-state index in [1.807, 2.05) is 0 Å². The molecule has 162 valence electrons. The Hall–Kier alpha value is -1.97. The fourth-order valence-corrected chi connectivity index (χ4v) is 2.48. The van der Waals surface area contributed by atoms with Crippen molar-refractivity contribution in [3.05, 3.63) is 65.2 Å². The van der Waals surface area contributed by atoms with Gasteiger partial charge in [-0.3, -0.25) is 0 Å². The van der Waals surface area contributed by atoms with Gasteiger partial charge in [0.1, 0.15) is 12.4 Å². The Kier molecular flexibility index (Phi) is 9.25. The number of nitrogens with one attached hydrogen (secondary N) is 1. The first-order chi connectivity index (χ1) is 13.1. The molecule has 3 nitrogen and oxygen atoms in total. The first kappa shape index (κ1) is 25.1. The van der Waals surface area contributed by atoms with Crippen molar-refractivity contribution in [2.24, 2.45) is 0 Å². The first-order valence-electron chi connectivity index (χ1n) is 8.31. The van der Waals surface area contributed by atoms with Crippen LogP contribution in [-0.4, -0.2) is 26.9 Å². The van der Waals surface area contributed by atoms with Crippen molar-refractivity contribution in [2.45, 2.75) is 18.4 Å². The Bertz CT molecular complexity index is 720. The number of methoxy groups -OCH3 is 1. The SMILES string of the molecule is COCCNC(COc1cc(C(F)(F)F)cc(C(F)(F)F)c1)c1ccccc1.Cl. The second kappa shape index (κ2) is 10.7. The maximum Gasteiger partial charge on any atom is 0.416 e. The molecule has 0 heterocycles. The van der Waals surface area contributed by atoms with Crippen molar-refractivity contribution >= 4 is 12.4 Å². The van der Waals surface area contributed by atoms with Crippen LogP contribution in [0, 0.1) is 0 Å². The lowest BCUT2D eigenvalue weighted by Gasteiger charge is -2.21. The minimum atomic E-state index is -4.92. The summed E-state index contributed by atoms with van der Waals surface area (Å²) in [7, 11) is 1.51. The molecule has 0 fully saturated rings. The van der Waals surface area contributed by atoms with E-state index in [4.69, 9.17) is 9.47 Å². The molecule has 29 heavy (non-hydrogen) atoms. The maximum absolute atomic E-state index is 13.0. The third-order valence-electron chi connectivity index (χ3n) is 3.88. The van der Waals surface area contributed by atoms with Crippen LogP contribution < -0.4 is 10.1 Å². The van der Waals surface area contributed by atoms with Gasteiger partial charge in [-0.25, -0.2) is 0 Å². The van der Waals surface area contributed by atoms with Crippen LogP contribution in [0.3, 0.4) is 0 Å². The highest BCUT2D eigenvalue weighted by molar-refractivity contribution is 5.85. The van der Waals surface area contributed by atoms with Crippen molar-refractivity contribution in [2.75, 3.05) is 26.9 Å². The smallest absolute Gasteiger partial charge is 0.416 e. The standard InChI is InChI=1S/C19H19F6NO2.ClH/c1-27-8-7-26-17(13-5-3-2-4-6-13)12-28-16-10-14(18(20,21)22)9-15(11-16)19(23,24)25;/h2-6,9-11,17,26H,7-8,12H2,1H3;1H. The number of alkyl halides is 6. The minimum absolute atomic E-state index is 0. The van der Waals surface area contributed by atoms with Gasteiger partial charge >= 0.3 is 12.4 Å². The van der Waals surface area contributed by atoms with Gasteiger partial charge in [-0.15, -0.1) is 12.4 Å². The minimum Gasteiger partial charge on any atom is -0.492 e. The van der Waals surface area contributed by atoms with E-state index in [9.17, 15) is 26.3 Å². The lowest BCUT2D eigenvalue weighted by atomic mass is 10.1. The summed E-state index contributed by atoms with van der Waals surface area (Å²) in [5, 5.41) is 3.10. The Morgan fingerprint density at radius 3 is 1.93 bits per heavy atom. The number of benzene rings is 2. The van der Waals surface area contributed by atoms with Gasteiger partial charge in [0.2, 0.25) is 0 Å². The van der Waals surface area contributed by atoms with Gasteiger partial charge in [0.15, 0.2) is 0 Å². The molecule has 0 aliphatic heterocycles. The van der Waals surface area contributed by atoms with Crippen LogP contribution in [0.5, 0.6) is 5.75 Å². The Balaban J connectivity index is 0.00000420. The maximum atomic E-state index is 13.0. The molecule has 10 heteroatoms. The zero-order valence-corrected chi connectivity index (χ0v) is 16.1. The summed E-state index contributed by atoms with van der Waals surface area (Å²) in [4.78, 5) is 0. The molecule has 0 aliphatic carbocycles. The molecular formula is C19H20ClF6NO2. The van der Waals surface area contributed by atoms with Crippen molar-refractivity contribution in [3.8, 4) is 5.75 Å². The molecule has 1 unspecified atom stereocenters. The van der Waals surface area contributed by atoms with E-state index >= 15 is 0 Å². The van der Waals surface area contributed by atoms with Crippen LogP contribution in [0.25, 0.3) is 0 Å². The van der Waals surface area contributed by atoms with E-state index < -0.39 is 35.3 Å². The molecular weight excluding hydrogens is 424 g/mol. The molecule has 0 radical (unpaired) electrons. The highest BCUT2D eigenvalue weighted by Crippen LogP contribution is 2.38. The number of rotatable bonds is 8. The van der Waals surface area contributed by atoms with Gasteiger partial charge < -0.3 is 14.8 Å². The molecule has 1 atom stereocenters. The van der Waals surface area contributed by atoms with Crippen molar-refractivity contribution in [1.82, 2.24) is 5.32 Å². The molecule has 0 saturated carbocycles. The molecule has 1 N–H and O–H groups in total. The predicted molar refractivity (Wildman–Crippen MR) is 98.3 cm³/mol. The summed E-state index contributed by atoms with van der Waals surface area (Å²) in [5.41, 5.74) is -2.05. The number of hydrogen-bond acceptors (Lipinski definition) is 3. The van der Waals surface area contributed by atoms with E-state index in [0.717, 1.165) is 5.56 Å². The average Bonchev–Trinajstić information content (AvgIpc) is 2.63. The van der Waals surface area contributed by atoms with Crippen LogP contribution in [-0.2, 0) is 17.1 Å². The fraction of sp³-hybridized carbons (Fsp3) is 0.368. The second-order valence-corrected chi connectivity index (χ2v) is 5.96. The molecule has 0 aliphatic rings. The van der Waals surface area contributed by atoms with Gasteiger partial charge in [-0.1, -0.05) is 30.3 Å². The summed E-state index contributed by atoms with van der Waals surface area (Å²) >= 11 is 0. The monoisotopic (exact) mass is 443 g/mol. The molecule has 2 aromatic carbocycles. The van der Waals surface area contributed by atoms with Crippen LogP contribution in [0.2, 0.25) is 0 Å². The van der Waals surface area contributed by atoms with Crippen LogP contribution >= 0.6 is 12.4 Å². The van der Waals surface area contributed by atoms with Gasteiger partial charge in [-0.2, -0.15) is 26.3 Å². The van der Waals surface area contributed by atoms with E-state index in [1.165, 1.54) is 7.11 Å². The van der Waals surface area contributed by atoms with E-state index in [1.54, 1.807) is 30.3 Å². The topological polar surface area (TPSA) is 30.5 Å². The molecule has 2 aromatic rings. The van der Waals surface area contributed by atoms with E-state index in [0.29, 0.717) is 25.3 Å². The average molecular weight is 444 g/mol. The third kappa shape index (κ3) is 7.75. The molecule has 0 spiro atoms. The Morgan fingerprint density at radius 1 is 0.897 bits per heavy atom. The van der Waals surface area contributed by atoms with Gasteiger partial charge in [0, 0.05) is 13.7 Å². The van der Waals surface area contributed by atoms with Gasteiger partial charge in [0.05, 0.1) is 23.8 Å². The highest BCUT2D eigenvalue weighted by Gasteiger charge is 2.37. The zero-order valence-electron chi connectivity index (χ0n) is 15.3.